The Bertz CT molecular complexity index is 533. The Morgan fingerprint density at radius 1 is 1.29 bits per heavy atom. The van der Waals surface area contributed by atoms with Crippen LogP contribution in [0.3, 0.4) is 0 Å². The smallest absolute Gasteiger partial charge is 0.127 e. The summed E-state index contributed by atoms with van der Waals surface area (Å²) in [5.41, 5.74) is 0.601. The van der Waals surface area contributed by atoms with Gasteiger partial charge in [-0.15, -0.1) is 11.3 Å². The minimum absolute atomic E-state index is 0.154. The fraction of sp³-hybridized carbons (Fsp3) is 0.375. The largest absolute Gasteiger partial charge is 0.389 e. The van der Waals surface area contributed by atoms with Gasteiger partial charge in [0.25, 0.3) is 0 Å². The highest BCUT2D eigenvalue weighted by atomic mass is 32.1. The summed E-state index contributed by atoms with van der Waals surface area (Å²) in [5, 5.41) is 15.0. The highest BCUT2D eigenvalue weighted by Gasteiger charge is 2.12. The van der Waals surface area contributed by atoms with Gasteiger partial charge >= 0.3 is 0 Å². The third-order valence-corrected chi connectivity index (χ3v) is 4.02. The molecule has 0 aliphatic rings. The monoisotopic (exact) mass is 309 g/mol. The lowest BCUT2D eigenvalue weighted by atomic mass is 10.1. The fourth-order valence-corrected chi connectivity index (χ4v) is 2.64. The summed E-state index contributed by atoms with van der Waals surface area (Å²) >= 11 is 1.63. The molecule has 1 heterocycles. The molecule has 2 atom stereocenters. The quantitative estimate of drug-likeness (QED) is 0.787. The molecule has 0 spiro atoms. The summed E-state index contributed by atoms with van der Waals surface area (Å²) in [4.78, 5) is 1.13. The second-order valence-corrected chi connectivity index (χ2v) is 5.93. The molecule has 0 aliphatic carbocycles. The van der Waals surface area contributed by atoms with Crippen molar-refractivity contribution in [2.45, 2.75) is 25.7 Å². The number of ether oxygens (including phenoxy) is 1. The first kappa shape index (κ1) is 16.1. The van der Waals surface area contributed by atoms with Crippen molar-refractivity contribution < 1.29 is 14.2 Å². The molecular formula is C16H20FNO2S. The number of aliphatic hydroxyl groups is 1. The van der Waals surface area contributed by atoms with Gasteiger partial charge in [0.1, 0.15) is 5.82 Å². The molecule has 0 amide bonds. The van der Waals surface area contributed by atoms with E-state index in [1.807, 2.05) is 24.4 Å². The molecule has 0 saturated carbocycles. The molecule has 0 radical (unpaired) electrons. The number of hydrogen-bond donors (Lipinski definition) is 2. The Balaban J connectivity index is 1.68. The van der Waals surface area contributed by atoms with Crippen LogP contribution in [0.25, 0.3) is 0 Å². The van der Waals surface area contributed by atoms with Crippen LogP contribution in [-0.4, -0.2) is 24.4 Å². The fourth-order valence-electron chi connectivity index (χ4n) is 2.00. The maximum absolute atomic E-state index is 13.6. The SMILES string of the molecule is C[C@@H](NCC(O)COCc1cccs1)c1ccccc1F. The number of aliphatic hydroxyl groups excluding tert-OH is 1. The van der Waals surface area contributed by atoms with Crippen molar-refractivity contribution in [1.29, 1.82) is 0 Å². The number of nitrogens with one attached hydrogen (secondary N) is 1. The Morgan fingerprint density at radius 2 is 2.10 bits per heavy atom. The topological polar surface area (TPSA) is 41.5 Å². The molecule has 0 bridgehead atoms. The normalized spacial score (nSPS) is 14.0. The molecule has 3 nitrogen and oxygen atoms in total. The lowest BCUT2D eigenvalue weighted by Crippen LogP contribution is -2.32. The van der Waals surface area contributed by atoms with E-state index in [4.69, 9.17) is 4.74 Å². The Morgan fingerprint density at radius 3 is 2.81 bits per heavy atom. The van der Waals surface area contributed by atoms with E-state index in [2.05, 4.69) is 5.32 Å². The van der Waals surface area contributed by atoms with E-state index >= 15 is 0 Å². The van der Waals surface area contributed by atoms with Gasteiger partial charge in [-0.25, -0.2) is 4.39 Å². The maximum Gasteiger partial charge on any atom is 0.127 e. The Kier molecular flexibility index (Phi) is 6.32. The van der Waals surface area contributed by atoms with Gasteiger partial charge in [0.05, 0.1) is 19.3 Å². The van der Waals surface area contributed by atoms with Crippen molar-refractivity contribution in [1.82, 2.24) is 5.32 Å². The first-order valence-electron chi connectivity index (χ1n) is 6.93. The van der Waals surface area contributed by atoms with Crippen LogP contribution < -0.4 is 5.32 Å². The van der Waals surface area contributed by atoms with Crippen LogP contribution in [0.5, 0.6) is 0 Å². The highest BCUT2D eigenvalue weighted by Crippen LogP contribution is 2.15. The molecule has 5 heteroatoms. The summed E-state index contributed by atoms with van der Waals surface area (Å²) < 4.78 is 19.0. The van der Waals surface area contributed by atoms with Gasteiger partial charge in [-0.3, -0.25) is 0 Å². The van der Waals surface area contributed by atoms with Crippen molar-refractivity contribution in [3.63, 3.8) is 0 Å². The number of thiophene rings is 1. The van der Waals surface area contributed by atoms with Crippen LogP contribution >= 0.6 is 11.3 Å². The van der Waals surface area contributed by atoms with Crippen LogP contribution in [0.4, 0.5) is 4.39 Å². The second kappa shape index (κ2) is 8.24. The van der Waals surface area contributed by atoms with E-state index < -0.39 is 6.10 Å². The summed E-state index contributed by atoms with van der Waals surface area (Å²) in [6.07, 6.45) is -0.612. The molecule has 2 aromatic rings. The van der Waals surface area contributed by atoms with Gasteiger partial charge in [-0.05, 0) is 24.4 Å². The van der Waals surface area contributed by atoms with Crippen molar-refractivity contribution >= 4 is 11.3 Å². The molecule has 1 aromatic carbocycles. The third-order valence-electron chi connectivity index (χ3n) is 3.17. The number of rotatable bonds is 8. The van der Waals surface area contributed by atoms with Crippen LogP contribution in [0.2, 0.25) is 0 Å². The first-order valence-corrected chi connectivity index (χ1v) is 7.81. The van der Waals surface area contributed by atoms with Gasteiger partial charge in [0.2, 0.25) is 0 Å². The minimum Gasteiger partial charge on any atom is -0.389 e. The molecule has 21 heavy (non-hydrogen) atoms. The van der Waals surface area contributed by atoms with Crippen molar-refractivity contribution in [2.75, 3.05) is 13.2 Å². The summed E-state index contributed by atoms with van der Waals surface area (Å²) in [7, 11) is 0. The lowest BCUT2D eigenvalue weighted by molar-refractivity contribution is 0.0287. The van der Waals surface area contributed by atoms with E-state index in [-0.39, 0.29) is 18.5 Å². The standard InChI is InChI=1S/C16H20FNO2S/c1-12(15-6-2-3-7-16(15)17)18-9-13(19)10-20-11-14-5-4-8-21-14/h2-8,12-13,18-19H,9-11H2,1H3/t12-,13?/m1/s1. The predicted octanol–water partition coefficient (Wildman–Crippen LogP) is 3.12. The predicted molar refractivity (Wildman–Crippen MR) is 82.8 cm³/mol. The zero-order valence-electron chi connectivity index (χ0n) is 12.0. The molecule has 0 fully saturated rings. The summed E-state index contributed by atoms with van der Waals surface area (Å²) in [5.74, 6) is -0.235. The van der Waals surface area contributed by atoms with Crippen LogP contribution in [0.1, 0.15) is 23.4 Å². The van der Waals surface area contributed by atoms with E-state index in [0.717, 1.165) is 4.88 Å². The molecule has 0 saturated heterocycles. The molecule has 2 N–H and O–H groups in total. The van der Waals surface area contributed by atoms with E-state index in [1.54, 1.807) is 29.5 Å². The van der Waals surface area contributed by atoms with Crippen molar-refractivity contribution in [3.8, 4) is 0 Å². The molecule has 1 aromatic heterocycles. The van der Waals surface area contributed by atoms with Crippen molar-refractivity contribution in [2.24, 2.45) is 0 Å². The Labute approximate surface area is 128 Å². The van der Waals surface area contributed by atoms with Gasteiger partial charge in [0, 0.05) is 23.0 Å². The first-order chi connectivity index (χ1) is 10.2. The second-order valence-electron chi connectivity index (χ2n) is 4.90. The van der Waals surface area contributed by atoms with Crippen LogP contribution in [0, 0.1) is 5.82 Å². The third kappa shape index (κ3) is 5.21. The molecule has 2 rings (SSSR count). The molecule has 114 valence electrons. The average molecular weight is 309 g/mol. The molecule has 0 aliphatic heterocycles. The summed E-state index contributed by atoms with van der Waals surface area (Å²) in [6, 6.07) is 10.5. The van der Waals surface area contributed by atoms with Gasteiger partial charge in [-0.1, -0.05) is 24.3 Å². The average Bonchev–Trinajstić information content (AvgIpc) is 2.98. The zero-order chi connectivity index (χ0) is 15.1. The van der Waals surface area contributed by atoms with Gasteiger partial charge < -0.3 is 15.2 Å². The molecule has 1 unspecified atom stereocenters. The lowest BCUT2D eigenvalue weighted by Gasteiger charge is -2.18. The minimum atomic E-state index is -0.612. The van der Waals surface area contributed by atoms with Gasteiger partial charge in [0.15, 0.2) is 0 Å². The number of halogens is 1. The van der Waals surface area contributed by atoms with E-state index in [1.165, 1.54) is 6.07 Å². The van der Waals surface area contributed by atoms with Crippen LogP contribution in [0.15, 0.2) is 41.8 Å². The van der Waals surface area contributed by atoms with Crippen molar-refractivity contribution in [3.05, 3.63) is 58.0 Å². The highest BCUT2D eigenvalue weighted by molar-refractivity contribution is 7.09. The number of benzene rings is 1. The number of hydrogen-bond acceptors (Lipinski definition) is 4. The molecular weight excluding hydrogens is 289 g/mol. The van der Waals surface area contributed by atoms with E-state index in [9.17, 15) is 9.50 Å². The van der Waals surface area contributed by atoms with E-state index in [0.29, 0.717) is 18.7 Å². The zero-order valence-corrected chi connectivity index (χ0v) is 12.8. The maximum atomic E-state index is 13.6. The Hall–Kier alpha value is -1.27. The van der Waals surface area contributed by atoms with Crippen LogP contribution in [-0.2, 0) is 11.3 Å². The van der Waals surface area contributed by atoms with Gasteiger partial charge in [-0.2, -0.15) is 0 Å². The summed E-state index contributed by atoms with van der Waals surface area (Å²) in [6.45, 7) is 3.00.